The van der Waals surface area contributed by atoms with E-state index in [-0.39, 0.29) is 11.4 Å². The minimum Gasteiger partial charge on any atom is -0.476 e. The van der Waals surface area contributed by atoms with Gasteiger partial charge in [-0.05, 0) is 72.7 Å². The molecule has 4 rings (SSSR count). The average molecular weight is 401 g/mol. The highest BCUT2D eigenvalue weighted by atomic mass is 32.2. The molecule has 0 radical (unpaired) electrons. The van der Waals surface area contributed by atoms with E-state index < -0.39 is 0 Å². The molecule has 0 fully saturated rings. The predicted octanol–water partition coefficient (Wildman–Crippen LogP) is 3.69. The highest BCUT2D eigenvalue weighted by molar-refractivity contribution is 8.02. The van der Waals surface area contributed by atoms with Crippen LogP contribution in [0.3, 0.4) is 0 Å². The van der Waals surface area contributed by atoms with Gasteiger partial charge in [0, 0.05) is 17.3 Å². The Morgan fingerprint density at radius 2 is 1.89 bits per heavy atom. The Bertz CT molecular complexity index is 828. The zero-order valence-electron chi connectivity index (χ0n) is 16.6. The Kier molecular flexibility index (Phi) is 5.27. The summed E-state index contributed by atoms with van der Waals surface area (Å²) in [6.45, 7) is 5.47. The van der Waals surface area contributed by atoms with Gasteiger partial charge in [0.05, 0.1) is 13.2 Å². The van der Waals surface area contributed by atoms with Gasteiger partial charge in [-0.25, -0.2) is 9.79 Å². The zero-order chi connectivity index (χ0) is 19.7. The van der Waals surface area contributed by atoms with Crippen molar-refractivity contribution >= 4 is 29.6 Å². The fourth-order valence-electron chi connectivity index (χ4n) is 4.15. The summed E-state index contributed by atoms with van der Waals surface area (Å²) in [5.41, 5.74) is 12.2. The molecule has 28 heavy (non-hydrogen) atoms. The molecule has 0 saturated heterocycles. The molecule has 0 atom stereocenters. The number of anilines is 1. The molecule has 4 N–H and O–H groups in total. The predicted molar refractivity (Wildman–Crippen MR) is 115 cm³/mol. The number of carbonyl (C=O) groups is 1. The maximum absolute atomic E-state index is 12.6. The van der Waals surface area contributed by atoms with Crippen LogP contribution in [0.15, 0.2) is 22.2 Å². The van der Waals surface area contributed by atoms with E-state index in [0.717, 1.165) is 56.2 Å². The summed E-state index contributed by atoms with van der Waals surface area (Å²) >= 11 is 1.14. The van der Waals surface area contributed by atoms with Crippen LogP contribution in [0.4, 0.5) is 10.5 Å². The summed E-state index contributed by atoms with van der Waals surface area (Å²) < 4.78 is 8.57. The summed E-state index contributed by atoms with van der Waals surface area (Å²) in [4.78, 5) is 17.7. The number of benzene rings is 1. The van der Waals surface area contributed by atoms with Crippen LogP contribution >= 0.6 is 11.9 Å². The maximum Gasteiger partial charge on any atom is 0.329 e. The summed E-state index contributed by atoms with van der Waals surface area (Å²) in [5, 5.41) is 3.12. The minimum absolute atomic E-state index is 0.0206. The van der Waals surface area contributed by atoms with Crippen LogP contribution in [0.1, 0.15) is 48.9 Å². The fraction of sp³-hybridized carbons (Fsp3) is 0.524. The second-order valence-electron chi connectivity index (χ2n) is 8.50. The molecule has 0 spiro atoms. The molecular weight excluding hydrogens is 372 g/mol. The topological polar surface area (TPSA) is 88.7 Å². The molecule has 3 aliphatic rings. The molecule has 2 amide bonds. The van der Waals surface area contributed by atoms with Gasteiger partial charge in [0.25, 0.3) is 0 Å². The first-order chi connectivity index (χ1) is 13.5. The van der Waals surface area contributed by atoms with E-state index in [1.54, 1.807) is 0 Å². The number of urea groups is 1. The summed E-state index contributed by atoms with van der Waals surface area (Å²) in [6, 6.07) is 2.12. The molecular formula is C21H28N4O2S. The molecule has 6 nitrogen and oxygen atoms in total. The van der Waals surface area contributed by atoms with Crippen molar-refractivity contribution in [3.8, 4) is 0 Å². The Labute approximate surface area is 170 Å². The van der Waals surface area contributed by atoms with Crippen molar-refractivity contribution in [2.45, 2.75) is 52.4 Å². The third-order valence-corrected chi connectivity index (χ3v) is 6.40. The van der Waals surface area contributed by atoms with Crippen molar-refractivity contribution < 1.29 is 9.53 Å². The number of ether oxygens (including phenoxy) is 1. The van der Waals surface area contributed by atoms with E-state index in [1.165, 1.54) is 28.5 Å². The van der Waals surface area contributed by atoms with Crippen molar-refractivity contribution in [1.29, 1.82) is 0 Å². The van der Waals surface area contributed by atoms with Gasteiger partial charge in [0.15, 0.2) is 0 Å². The van der Waals surface area contributed by atoms with Gasteiger partial charge < -0.3 is 15.8 Å². The standard InChI is InChI=1S/C21H28N4O2S/c1-21(2)11-23-19(27-12-21)17(10-22)28-25-20(26)24-18-15-7-3-5-13(15)9-14-6-4-8-16(14)18/h9-10H,3-8,11-12,22H2,1-2H3,(H2,24,25,26)/b17-10+. The van der Waals surface area contributed by atoms with Crippen LogP contribution in [-0.2, 0) is 30.4 Å². The molecule has 1 aromatic carbocycles. The smallest absolute Gasteiger partial charge is 0.329 e. The lowest BCUT2D eigenvalue weighted by atomic mass is 9.94. The highest BCUT2D eigenvalue weighted by Crippen LogP contribution is 2.38. The number of nitrogens with two attached hydrogens (primary N) is 1. The number of nitrogens with one attached hydrogen (secondary N) is 2. The van der Waals surface area contributed by atoms with Crippen LogP contribution in [0.2, 0.25) is 0 Å². The quantitative estimate of drug-likeness (QED) is 0.673. The van der Waals surface area contributed by atoms with Crippen LogP contribution in [0.25, 0.3) is 0 Å². The monoisotopic (exact) mass is 400 g/mol. The molecule has 1 aliphatic heterocycles. The summed E-state index contributed by atoms with van der Waals surface area (Å²) in [6.07, 6.45) is 8.07. The van der Waals surface area contributed by atoms with Crippen LogP contribution in [0.5, 0.6) is 0 Å². The molecule has 1 aromatic rings. The molecule has 7 heteroatoms. The van der Waals surface area contributed by atoms with Gasteiger partial charge >= 0.3 is 6.03 Å². The fourth-order valence-corrected chi connectivity index (χ4v) is 4.68. The first-order valence-corrected chi connectivity index (χ1v) is 10.8. The number of hydrogen-bond acceptors (Lipinski definition) is 5. The minimum atomic E-state index is -0.240. The summed E-state index contributed by atoms with van der Waals surface area (Å²) in [5.74, 6) is 0.494. The lowest BCUT2D eigenvalue weighted by Gasteiger charge is -2.28. The van der Waals surface area contributed by atoms with Crippen LogP contribution < -0.4 is 15.8 Å². The van der Waals surface area contributed by atoms with Gasteiger partial charge in [-0.2, -0.15) is 0 Å². The van der Waals surface area contributed by atoms with Crippen molar-refractivity contribution in [2.75, 3.05) is 18.5 Å². The van der Waals surface area contributed by atoms with E-state index in [9.17, 15) is 4.79 Å². The summed E-state index contributed by atoms with van der Waals surface area (Å²) in [7, 11) is 0. The molecule has 0 bridgehead atoms. The first-order valence-electron chi connectivity index (χ1n) is 9.97. The third kappa shape index (κ3) is 3.85. The van der Waals surface area contributed by atoms with E-state index in [2.05, 4.69) is 34.9 Å². The van der Waals surface area contributed by atoms with E-state index in [0.29, 0.717) is 24.0 Å². The SMILES string of the molecule is CC1(C)CN=C(/C(=C\N)SNC(=O)Nc2c3c(cc4c2CCC4)CCC3)OC1. The second-order valence-corrected chi connectivity index (χ2v) is 9.35. The van der Waals surface area contributed by atoms with E-state index in [4.69, 9.17) is 10.5 Å². The maximum atomic E-state index is 12.6. The number of rotatable bonds is 4. The molecule has 0 unspecified atom stereocenters. The van der Waals surface area contributed by atoms with Crippen LogP contribution in [-0.4, -0.2) is 25.1 Å². The van der Waals surface area contributed by atoms with E-state index in [1.807, 2.05) is 0 Å². The lowest BCUT2D eigenvalue weighted by molar-refractivity contribution is 0.158. The number of hydrogen-bond donors (Lipinski definition) is 3. The molecule has 150 valence electrons. The van der Waals surface area contributed by atoms with E-state index >= 15 is 0 Å². The van der Waals surface area contributed by atoms with Crippen molar-refractivity contribution in [2.24, 2.45) is 16.1 Å². The van der Waals surface area contributed by atoms with Gasteiger partial charge in [0.2, 0.25) is 5.90 Å². The van der Waals surface area contributed by atoms with Crippen molar-refractivity contribution in [3.05, 3.63) is 39.4 Å². The highest BCUT2D eigenvalue weighted by Gasteiger charge is 2.27. The second kappa shape index (κ2) is 7.70. The molecule has 2 aliphatic carbocycles. The number of carbonyl (C=O) groups excluding carboxylic acids is 1. The van der Waals surface area contributed by atoms with Crippen molar-refractivity contribution in [1.82, 2.24) is 4.72 Å². The number of aliphatic imine (C=N–C) groups is 1. The lowest BCUT2D eigenvalue weighted by Crippen LogP contribution is -2.32. The zero-order valence-corrected chi connectivity index (χ0v) is 17.4. The van der Waals surface area contributed by atoms with Gasteiger partial charge in [-0.3, -0.25) is 4.72 Å². The third-order valence-electron chi connectivity index (χ3n) is 5.58. The Morgan fingerprint density at radius 1 is 1.21 bits per heavy atom. The van der Waals surface area contributed by atoms with Crippen molar-refractivity contribution in [3.63, 3.8) is 0 Å². The number of amides is 2. The normalized spacial score (nSPS) is 20.1. The average Bonchev–Trinajstić information content (AvgIpc) is 3.32. The van der Waals surface area contributed by atoms with Gasteiger partial charge in [-0.15, -0.1) is 0 Å². The molecule has 0 aromatic heterocycles. The Morgan fingerprint density at radius 3 is 2.46 bits per heavy atom. The number of aryl methyl sites for hydroxylation is 2. The van der Waals surface area contributed by atoms with Gasteiger partial charge in [0.1, 0.15) is 4.91 Å². The Hall–Kier alpha value is -2.15. The first kappa shape index (κ1) is 19.2. The van der Waals surface area contributed by atoms with Crippen LogP contribution in [0, 0.1) is 5.41 Å². The largest absolute Gasteiger partial charge is 0.476 e. The Balaban J connectivity index is 1.43. The molecule has 0 saturated carbocycles. The number of nitrogens with zero attached hydrogens (tertiary/aromatic N) is 1. The molecule has 1 heterocycles. The number of fused-ring (bicyclic) bond motifs is 2. The van der Waals surface area contributed by atoms with Gasteiger partial charge in [-0.1, -0.05) is 19.9 Å².